The third-order valence-electron chi connectivity index (χ3n) is 2.79. The molecule has 98 valence electrons. The van der Waals surface area contributed by atoms with Crippen molar-refractivity contribution < 1.29 is 0 Å². The second-order valence-electron chi connectivity index (χ2n) is 4.11. The zero-order valence-corrected chi connectivity index (χ0v) is 14.5. The Hall–Kier alpha value is -0.560. The zero-order chi connectivity index (χ0) is 13.7. The van der Waals surface area contributed by atoms with Gasteiger partial charge in [-0.2, -0.15) is 0 Å². The number of imidazole rings is 1. The monoisotopic (exact) mass is 419 g/mol. The number of rotatable bonds is 1. The molecule has 3 rings (SSSR count). The number of aromatic nitrogens is 2. The highest BCUT2D eigenvalue weighted by Gasteiger charge is 2.16. The molecule has 3 aromatic heterocycles. The van der Waals surface area contributed by atoms with Gasteiger partial charge in [0.1, 0.15) is 21.5 Å². The molecular weight excluding hydrogens is 413 g/mol. The SMILES string of the molecule is Cc1cc(Br)cn2c(N)c(-c3cc(Br)c(Cl)s3)nc12. The average molecular weight is 422 g/mol. The van der Waals surface area contributed by atoms with Crippen LogP contribution < -0.4 is 5.73 Å². The van der Waals surface area contributed by atoms with Crippen molar-refractivity contribution >= 4 is 66.3 Å². The average Bonchev–Trinajstić information content (AvgIpc) is 2.82. The van der Waals surface area contributed by atoms with Gasteiger partial charge in [-0.1, -0.05) is 11.6 Å². The largest absolute Gasteiger partial charge is 0.383 e. The van der Waals surface area contributed by atoms with E-state index in [1.54, 1.807) is 0 Å². The Kier molecular flexibility index (Phi) is 3.37. The van der Waals surface area contributed by atoms with Gasteiger partial charge in [0.05, 0.1) is 4.88 Å². The topological polar surface area (TPSA) is 43.3 Å². The number of hydrogen-bond donors (Lipinski definition) is 1. The number of nitrogens with two attached hydrogens (primary N) is 1. The first-order valence-corrected chi connectivity index (χ1v) is 8.14. The van der Waals surface area contributed by atoms with Crippen molar-refractivity contribution in [1.29, 1.82) is 0 Å². The highest BCUT2D eigenvalue weighted by molar-refractivity contribution is 9.10. The van der Waals surface area contributed by atoms with Crippen LogP contribution in [-0.4, -0.2) is 9.38 Å². The predicted octanol–water partition coefficient (Wildman–Crippen LogP) is 5.13. The Morgan fingerprint density at radius 1 is 1.37 bits per heavy atom. The van der Waals surface area contributed by atoms with Crippen molar-refractivity contribution in [3.8, 4) is 10.6 Å². The molecule has 7 heteroatoms. The fraction of sp³-hybridized carbons (Fsp3) is 0.0833. The molecule has 0 unspecified atom stereocenters. The van der Waals surface area contributed by atoms with Crippen molar-refractivity contribution in [3.05, 3.63) is 37.2 Å². The van der Waals surface area contributed by atoms with Crippen molar-refractivity contribution in [2.45, 2.75) is 6.92 Å². The second-order valence-corrected chi connectivity index (χ2v) is 7.54. The molecule has 3 heterocycles. The fourth-order valence-corrected chi connectivity index (χ4v) is 4.18. The molecule has 3 nitrogen and oxygen atoms in total. The molecule has 0 aliphatic heterocycles. The standard InChI is InChI=1S/C12H8Br2ClN3S/c1-5-2-6(13)4-18-11(16)9(17-12(5)18)8-3-7(14)10(15)19-8/h2-4H,16H2,1H3. The minimum Gasteiger partial charge on any atom is -0.383 e. The molecule has 0 saturated carbocycles. The number of thiophene rings is 1. The van der Waals surface area contributed by atoms with Gasteiger partial charge in [-0.3, -0.25) is 4.40 Å². The molecule has 2 N–H and O–H groups in total. The van der Waals surface area contributed by atoms with E-state index < -0.39 is 0 Å². The smallest absolute Gasteiger partial charge is 0.142 e. The summed E-state index contributed by atoms with van der Waals surface area (Å²) >= 11 is 14.4. The van der Waals surface area contributed by atoms with E-state index >= 15 is 0 Å². The minimum absolute atomic E-state index is 0.616. The van der Waals surface area contributed by atoms with Gasteiger partial charge in [-0.05, 0) is 56.5 Å². The van der Waals surface area contributed by atoms with Crippen LogP contribution in [0.15, 0.2) is 27.3 Å². The van der Waals surface area contributed by atoms with Crippen LogP contribution in [0.25, 0.3) is 16.2 Å². The first-order chi connectivity index (χ1) is 8.97. The molecule has 3 aromatic rings. The fourth-order valence-electron chi connectivity index (χ4n) is 1.93. The maximum Gasteiger partial charge on any atom is 0.142 e. The Bertz CT molecular complexity index is 774. The third kappa shape index (κ3) is 2.20. The number of aryl methyl sites for hydroxylation is 1. The summed E-state index contributed by atoms with van der Waals surface area (Å²) in [6.07, 6.45) is 1.92. The minimum atomic E-state index is 0.616. The summed E-state index contributed by atoms with van der Waals surface area (Å²) in [5, 5.41) is 0. The lowest BCUT2D eigenvalue weighted by Gasteiger charge is -2.00. The Labute approximate surface area is 135 Å². The summed E-state index contributed by atoms with van der Waals surface area (Å²) in [5.74, 6) is 0.616. The number of halogens is 3. The molecule has 0 aliphatic carbocycles. The van der Waals surface area contributed by atoms with Gasteiger partial charge in [0.15, 0.2) is 0 Å². The third-order valence-corrected chi connectivity index (χ3v) is 5.70. The first kappa shape index (κ1) is 13.4. The van der Waals surface area contributed by atoms with Crippen LogP contribution in [-0.2, 0) is 0 Å². The second kappa shape index (κ2) is 4.77. The van der Waals surface area contributed by atoms with E-state index in [0.717, 1.165) is 30.7 Å². The maximum atomic E-state index is 6.20. The Balaban J connectivity index is 2.31. The number of nitrogens with zero attached hydrogens (tertiary/aromatic N) is 2. The van der Waals surface area contributed by atoms with Crippen LogP contribution in [0, 0.1) is 6.92 Å². The molecule has 0 spiro atoms. The van der Waals surface area contributed by atoms with Gasteiger partial charge in [0.2, 0.25) is 0 Å². The lowest BCUT2D eigenvalue weighted by Crippen LogP contribution is -1.94. The maximum absolute atomic E-state index is 6.20. The molecule has 0 aliphatic rings. The van der Waals surface area contributed by atoms with E-state index in [2.05, 4.69) is 36.8 Å². The van der Waals surface area contributed by atoms with E-state index in [4.69, 9.17) is 17.3 Å². The lowest BCUT2D eigenvalue weighted by molar-refractivity contribution is 1.16. The Morgan fingerprint density at radius 2 is 2.11 bits per heavy atom. The van der Waals surface area contributed by atoms with Crippen molar-refractivity contribution in [1.82, 2.24) is 9.38 Å². The molecule has 0 amide bonds. The van der Waals surface area contributed by atoms with Crippen molar-refractivity contribution in [2.24, 2.45) is 0 Å². The Morgan fingerprint density at radius 3 is 2.74 bits per heavy atom. The van der Waals surface area contributed by atoms with Crippen LogP contribution in [0.2, 0.25) is 4.34 Å². The van der Waals surface area contributed by atoms with Crippen LogP contribution in [0.4, 0.5) is 5.82 Å². The molecular formula is C12H8Br2ClN3S. The summed E-state index contributed by atoms with van der Waals surface area (Å²) in [6.45, 7) is 2.01. The highest BCUT2D eigenvalue weighted by Crippen LogP contribution is 2.40. The molecule has 0 bridgehead atoms. The van der Waals surface area contributed by atoms with Crippen LogP contribution in [0.1, 0.15) is 5.56 Å². The predicted molar refractivity (Wildman–Crippen MR) is 88.1 cm³/mol. The summed E-state index contributed by atoms with van der Waals surface area (Å²) in [4.78, 5) is 5.58. The molecule has 0 atom stereocenters. The quantitative estimate of drug-likeness (QED) is 0.592. The number of pyridine rings is 1. The number of fused-ring (bicyclic) bond motifs is 1. The summed E-state index contributed by atoms with van der Waals surface area (Å²) in [6, 6.07) is 3.96. The summed E-state index contributed by atoms with van der Waals surface area (Å²) < 4.78 is 4.42. The summed E-state index contributed by atoms with van der Waals surface area (Å²) in [5.41, 5.74) is 8.88. The van der Waals surface area contributed by atoms with Gasteiger partial charge >= 0.3 is 0 Å². The number of hydrogen-bond acceptors (Lipinski definition) is 3. The molecule has 19 heavy (non-hydrogen) atoms. The molecule has 0 fully saturated rings. The first-order valence-electron chi connectivity index (χ1n) is 5.36. The van der Waals surface area contributed by atoms with Crippen molar-refractivity contribution in [2.75, 3.05) is 5.73 Å². The number of nitrogen functional groups attached to an aromatic ring is 1. The highest BCUT2D eigenvalue weighted by atomic mass is 79.9. The normalized spacial score (nSPS) is 11.4. The van der Waals surface area contributed by atoms with E-state index in [1.807, 2.05) is 29.7 Å². The van der Waals surface area contributed by atoms with Crippen molar-refractivity contribution in [3.63, 3.8) is 0 Å². The lowest BCUT2D eigenvalue weighted by atomic mass is 10.3. The van der Waals surface area contributed by atoms with E-state index in [9.17, 15) is 0 Å². The van der Waals surface area contributed by atoms with Crippen LogP contribution in [0.5, 0.6) is 0 Å². The molecule has 0 saturated heterocycles. The van der Waals surface area contributed by atoms with Crippen LogP contribution in [0.3, 0.4) is 0 Å². The van der Waals surface area contributed by atoms with Gasteiger partial charge in [0.25, 0.3) is 0 Å². The van der Waals surface area contributed by atoms with Gasteiger partial charge in [0, 0.05) is 15.1 Å². The molecule has 0 radical (unpaired) electrons. The number of anilines is 1. The van der Waals surface area contributed by atoms with Gasteiger partial charge < -0.3 is 5.73 Å². The van der Waals surface area contributed by atoms with Gasteiger partial charge in [-0.15, -0.1) is 11.3 Å². The van der Waals surface area contributed by atoms with E-state index in [0.29, 0.717) is 10.2 Å². The summed E-state index contributed by atoms with van der Waals surface area (Å²) in [7, 11) is 0. The van der Waals surface area contributed by atoms with E-state index in [-0.39, 0.29) is 0 Å². The molecule has 0 aromatic carbocycles. The zero-order valence-electron chi connectivity index (χ0n) is 9.75. The van der Waals surface area contributed by atoms with Gasteiger partial charge in [-0.25, -0.2) is 4.98 Å². The van der Waals surface area contributed by atoms with E-state index in [1.165, 1.54) is 11.3 Å². The van der Waals surface area contributed by atoms with Crippen LogP contribution >= 0.6 is 54.8 Å².